The third-order valence-corrected chi connectivity index (χ3v) is 7.73. The molecule has 0 saturated heterocycles. The van der Waals surface area contributed by atoms with Gasteiger partial charge in [-0.1, -0.05) is 24.3 Å². The molecule has 1 N–H and O–H groups in total. The molecule has 4 aliphatic rings. The van der Waals surface area contributed by atoms with Crippen molar-refractivity contribution in [2.75, 3.05) is 11.9 Å². The van der Waals surface area contributed by atoms with Gasteiger partial charge in [-0.3, -0.25) is 4.79 Å². The van der Waals surface area contributed by atoms with Crippen LogP contribution in [0.3, 0.4) is 0 Å². The van der Waals surface area contributed by atoms with Crippen molar-refractivity contribution in [2.24, 2.45) is 17.8 Å². The Balaban J connectivity index is 1.22. The van der Waals surface area contributed by atoms with E-state index >= 15 is 0 Å². The number of anilines is 1. The van der Waals surface area contributed by atoms with Crippen molar-refractivity contribution >= 4 is 11.6 Å². The van der Waals surface area contributed by atoms with Crippen molar-refractivity contribution in [3.63, 3.8) is 0 Å². The highest BCUT2D eigenvalue weighted by Crippen LogP contribution is 2.60. The molecule has 0 heterocycles. The minimum absolute atomic E-state index is 0.0288. The summed E-state index contributed by atoms with van der Waals surface area (Å²) >= 11 is 0. The van der Waals surface area contributed by atoms with Gasteiger partial charge >= 0.3 is 0 Å². The Morgan fingerprint density at radius 3 is 2.21 bits per heavy atom. The number of nitrogens with one attached hydrogen (secondary N) is 1. The van der Waals surface area contributed by atoms with Crippen LogP contribution in [-0.2, 0) is 10.2 Å². The molecular weight excluding hydrogens is 358 g/mol. The van der Waals surface area contributed by atoms with E-state index in [4.69, 9.17) is 4.74 Å². The SMILES string of the molecule is Cc1cccc(OCC(=O)Nc2ccc(C34CC5CC(CC(C5)C3)C4)cc2)c1C. The molecule has 3 nitrogen and oxygen atoms in total. The van der Waals surface area contributed by atoms with Crippen molar-refractivity contribution in [3.8, 4) is 5.75 Å². The maximum Gasteiger partial charge on any atom is 0.262 e. The third-order valence-electron chi connectivity index (χ3n) is 7.73. The molecule has 4 fully saturated rings. The Bertz CT molecular complexity index is 880. The summed E-state index contributed by atoms with van der Waals surface area (Å²) in [4.78, 5) is 12.4. The Morgan fingerprint density at radius 1 is 0.966 bits per heavy atom. The van der Waals surface area contributed by atoms with Crippen LogP contribution < -0.4 is 10.1 Å². The number of benzene rings is 2. The summed E-state index contributed by atoms with van der Waals surface area (Å²) in [6.07, 6.45) is 8.51. The van der Waals surface area contributed by atoms with E-state index in [1.807, 2.05) is 32.0 Å². The molecule has 152 valence electrons. The fraction of sp³-hybridized carbons (Fsp3) is 0.500. The minimum atomic E-state index is -0.117. The number of hydrogen-bond donors (Lipinski definition) is 1. The molecule has 0 aliphatic heterocycles. The average Bonchev–Trinajstić information content (AvgIpc) is 2.68. The first-order valence-electron chi connectivity index (χ1n) is 11.1. The van der Waals surface area contributed by atoms with Gasteiger partial charge in [-0.2, -0.15) is 0 Å². The van der Waals surface area contributed by atoms with Gasteiger partial charge in [-0.05, 0) is 110 Å². The number of amides is 1. The van der Waals surface area contributed by atoms with Gasteiger partial charge in [0.2, 0.25) is 0 Å². The van der Waals surface area contributed by atoms with Crippen LogP contribution >= 0.6 is 0 Å². The highest BCUT2D eigenvalue weighted by molar-refractivity contribution is 5.91. The molecule has 4 saturated carbocycles. The summed E-state index contributed by atoms with van der Waals surface area (Å²) in [6, 6.07) is 14.6. The summed E-state index contributed by atoms with van der Waals surface area (Å²) in [7, 11) is 0. The number of rotatable bonds is 5. The summed E-state index contributed by atoms with van der Waals surface area (Å²) in [5.74, 6) is 3.50. The lowest BCUT2D eigenvalue weighted by Crippen LogP contribution is -2.48. The first kappa shape index (κ1) is 18.7. The third kappa shape index (κ3) is 3.56. The van der Waals surface area contributed by atoms with Crippen molar-refractivity contribution in [1.82, 2.24) is 0 Å². The molecule has 0 atom stereocenters. The van der Waals surface area contributed by atoms with Crippen LogP contribution in [0.2, 0.25) is 0 Å². The minimum Gasteiger partial charge on any atom is -0.483 e. The quantitative estimate of drug-likeness (QED) is 0.703. The molecule has 6 rings (SSSR count). The van der Waals surface area contributed by atoms with E-state index in [1.165, 1.54) is 49.7 Å². The maximum atomic E-state index is 12.4. The summed E-state index contributed by atoms with van der Waals surface area (Å²) in [5, 5.41) is 2.98. The van der Waals surface area contributed by atoms with Gasteiger partial charge in [0.15, 0.2) is 6.61 Å². The lowest BCUT2D eigenvalue weighted by atomic mass is 9.48. The first-order chi connectivity index (χ1) is 14.0. The highest BCUT2D eigenvalue weighted by Gasteiger charge is 2.51. The summed E-state index contributed by atoms with van der Waals surface area (Å²) < 4.78 is 5.73. The molecule has 1 amide bonds. The smallest absolute Gasteiger partial charge is 0.262 e. The van der Waals surface area contributed by atoms with Crippen LogP contribution in [0.4, 0.5) is 5.69 Å². The molecular formula is C26H31NO2. The van der Waals surface area contributed by atoms with Crippen molar-refractivity contribution < 1.29 is 9.53 Å². The Kier molecular flexibility index (Phi) is 4.64. The number of aryl methyl sites for hydroxylation is 1. The maximum absolute atomic E-state index is 12.4. The van der Waals surface area contributed by atoms with E-state index in [0.29, 0.717) is 5.41 Å². The largest absolute Gasteiger partial charge is 0.483 e. The molecule has 0 aromatic heterocycles. The number of ether oxygens (including phenoxy) is 1. The monoisotopic (exact) mass is 389 g/mol. The van der Waals surface area contributed by atoms with E-state index < -0.39 is 0 Å². The van der Waals surface area contributed by atoms with Gasteiger partial charge in [0, 0.05) is 5.69 Å². The van der Waals surface area contributed by atoms with E-state index in [9.17, 15) is 4.79 Å². The second-order valence-corrected chi connectivity index (χ2v) is 9.81. The van der Waals surface area contributed by atoms with E-state index in [2.05, 4.69) is 29.6 Å². The van der Waals surface area contributed by atoms with Crippen molar-refractivity contribution in [2.45, 2.75) is 57.8 Å². The van der Waals surface area contributed by atoms with Gasteiger partial charge in [-0.25, -0.2) is 0 Å². The van der Waals surface area contributed by atoms with Gasteiger partial charge in [-0.15, -0.1) is 0 Å². The van der Waals surface area contributed by atoms with E-state index in [-0.39, 0.29) is 12.5 Å². The zero-order valence-corrected chi connectivity index (χ0v) is 17.5. The van der Waals surface area contributed by atoms with Crippen LogP contribution in [0.25, 0.3) is 0 Å². The second-order valence-electron chi connectivity index (χ2n) is 9.81. The van der Waals surface area contributed by atoms with E-state index in [0.717, 1.165) is 34.8 Å². The lowest BCUT2D eigenvalue weighted by Gasteiger charge is -2.57. The summed E-state index contributed by atoms with van der Waals surface area (Å²) in [6.45, 7) is 4.10. The Morgan fingerprint density at radius 2 is 1.59 bits per heavy atom. The van der Waals surface area contributed by atoms with Crippen LogP contribution in [0.1, 0.15) is 55.2 Å². The zero-order chi connectivity index (χ0) is 20.0. The Labute approximate surface area is 173 Å². The lowest BCUT2D eigenvalue weighted by molar-refractivity contribution is -0.118. The van der Waals surface area contributed by atoms with E-state index in [1.54, 1.807) is 0 Å². The van der Waals surface area contributed by atoms with Crippen LogP contribution in [0.15, 0.2) is 42.5 Å². The van der Waals surface area contributed by atoms with Crippen LogP contribution in [0, 0.1) is 31.6 Å². The molecule has 29 heavy (non-hydrogen) atoms. The van der Waals surface area contributed by atoms with Crippen molar-refractivity contribution in [3.05, 3.63) is 59.2 Å². The van der Waals surface area contributed by atoms with Crippen LogP contribution in [-0.4, -0.2) is 12.5 Å². The molecule has 0 spiro atoms. The summed E-state index contributed by atoms with van der Waals surface area (Å²) in [5.41, 5.74) is 5.00. The number of hydrogen-bond acceptors (Lipinski definition) is 2. The molecule has 3 heteroatoms. The molecule has 0 radical (unpaired) electrons. The molecule has 4 bridgehead atoms. The highest BCUT2D eigenvalue weighted by atomic mass is 16.5. The first-order valence-corrected chi connectivity index (χ1v) is 11.1. The standard InChI is InChI=1S/C26H31NO2/c1-17-4-3-5-24(18(17)2)29-16-25(28)27-23-8-6-22(7-9-23)26-13-19-10-20(14-26)12-21(11-19)15-26/h3-9,19-21H,10-16H2,1-2H3,(H,27,28). The number of carbonyl (C=O) groups is 1. The normalized spacial score (nSPS) is 29.7. The topological polar surface area (TPSA) is 38.3 Å². The Hall–Kier alpha value is -2.29. The predicted octanol–water partition coefficient (Wildman–Crippen LogP) is 5.79. The van der Waals surface area contributed by atoms with Gasteiger partial charge in [0.1, 0.15) is 5.75 Å². The molecule has 2 aromatic rings. The molecule has 0 unspecified atom stereocenters. The molecule has 4 aliphatic carbocycles. The predicted molar refractivity (Wildman–Crippen MR) is 116 cm³/mol. The molecule has 2 aromatic carbocycles. The fourth-order valence-electron chi connectivity index (χ4n) is 6.59. The van der Waals surface area contributed by atoms with Crippen molar-refractivity contribution in [1.29, 1.82) is 0 Å². The number of carbonyl (C=O) groups excluding carboxylic acids is 1. The van der Waals surface area contributed by atoms with Gasteiger partial charge in [0.05, 0.1) is 0 Å². The van der Waals surface area contributed by atoms with Crippen LogP contribution in [0.5, 0.6) is 5.75 Å². The van der Waals surface area contributed by atoms with Gasteiger partial charge in [0.25, 0.3) is 5.91 Å². The average molecular weight is 390 g/mol. The fourth-order valence-corrected chi connectivity index (χ4v) is 6.59. The second kappa shape index (κ2) is 7.19. The zero-order valence-electron chi connectivity index (χ0n) is 17.5. The van der Waals surface area contributed by atoms with Gasteiger partial charge < -0.3 is 10.1 Å².